The first-order chi connectivity index (χ1) is 14.7. The Morgan fingerprint density at radius 3 is 2.45 bits per heavy atom. The molecule has 1 amide bonds. The first kappa shape index (κ1) is 23.1. The van der Waals surface area contributed by atoms with Crippen LogP contribution >= 0.6 is 11.6 Å². The number of benzene rings is 2. The highest BCUT2D eigenvalue weighted by Crippen LogP contribution is 2.22. The molecule has 8 nitrogen and oxygen atoms in total. The number of morpholine rings is 1. The standard InChI is InChI=1S/C19H17ClF2N2O6S/c20-14-10-13(2-4-15(14)21)23-18(25)11-30-19(26)12-1-3-16(22)17(9-12)31(27,28)24-5-7-29-8-6-24/h1-4,9-10H,5-8,11H2,(H,23,25). The van der Waals surface area contributed by atoms with Crippen LogP contribution in [0, 0.1) is 11.6 Å². The van der Waals surface area contributed by atoms with Crippen LogP contribution < -0.4 is 5.32 Å². The van der Waals surface area contributed by atoms with Gasteiger partial charge in [0.05, 0.1) is 23.8 Å². The van der Waals surface area contributed by atoms with E-state index in [1.165, 1.54) is 12.1 Å². The van der Waals surface area contributed by atoms with Gasteiger partial charge in [-0.05, 0) is 36.4 Å². The van der Waals surface area contributed by atoms with Gasteiger partial charge in [0, 0.05) is 18.8 Å². The van der Waals surface area contributed by atoms with E-state index in [4.69, 9.17) is 21.1 Å². The van der Waals surface area contributed by atoms with E-state index in [1.54, 1.807) is 0 Å². The van der Waals surface area contributed by atoms with Crippen LogP contribution in [-0.2, 0) is 24.3 Å². The summed E-state index contributed by atoms with van der Waals surface area (Å²) < 4.78 is 63.7. The summed E-state index contributed by atoms with van der Waals surface area (Å²) in [5.41, 5.74) is -0.0565. The fraction of sp³-hybridized carbons (Fsp3) is 0.263. The summed E-state index contributed by atoms with van der Waals surface area (Å²) in [5.74, 6) is -3.44. The Kier molecular flexibility index (Phi) is 7.21. The van der Waals surface area contributed by atoms with Crippen LogP contribution in [0.2, 0.25) is 5.02 Å². The lowest BCUT2D eigenvalue weighted by molar-refractivity contribution is -0.119. The van der Waals surface area contributed by atoms with Crippen LogP contribution in [-0.4, -0.2) is 57.5 Å². The molecule has 0 aliphatic carbocycles. The van der Waals surface area contributed by atoms with E-state index in [0.29, 0.717) is 0 Å². The number of ether oxygens (including phenoxy) is 2. The van der Waals surface area contributed by atoms with Crippen molar-refractivity contribution in [2.45, 2.75) is 4.90 Å². The maximum Gasteiger partial charge on any atom is 0.338 e. The fourth-order valence-corrected chi connectivity index (χ4v) is 4.42. The lowest BCUT2D eigenvalue weighted by atomic mass is 10.2. The molecule has 0 radical (unpaired) electrons. The first-order valence-corrected chi connectivity index (χ1v) is 10.8. The summed E-state index contributed by atoms with van der Waals surface area (Å²) >= 11 is 5.62. The number of hydrogen-bond acceptors (Lipinski definition) is 6. The van der Waals surface area contributed by atoms with E-state index in [1.807, 2.05) is 0 Å². The van der Waals surface area contributed by atoms with Gasteiger partial charge in [-0.25, -0.2) is 22.0 Å². The molecular weight excluding hydrogens is 458 g/mol. The number of anilines is 1. The number of nitrogens with zero attached hydrogens (tertiary/aromatic N) is 1. The predicted octanol–water partition coefficient (Wildman–Crippen LogP) is 2.43. The second-order valence-electron chi connectivity index (χ2n) is 6.41. The second kappa shape index (κ2) is 9.69. The Morgan fingerprint density at radius 1 is 1.10 bits per heavy atom. The highest BCUT2D eigenvalue weighted by atomic mass is 35.5. The van der Waals surface area contributed by atoms with Crippen molar-refractivity contribution in [3.63, 3.8) is 0 Å². The van der Waals surface area contributed by atoms with Gasteiger partial charge in [-0.3, -0.25) is 4.79 Å². The summed E-state index contributed by atoms with van der Waals surface area (Å²) in [4.78, 5) is 23.5. The van der Waals surface area contributed by atoms with Crippen LogP contribution in [0.4, 0.5) is 14.5 Å². The lowest BCUT2D eigenvalue weighted by Crippen LogP contribution is -2.41. The largest absolute Gasteiger partial charge is 0.452 e. The van der Waals surface area contributed by atoms with Crippen molar-refractivity contribution in [3.05, 3.63) is 58.6 Å². The summed E-state index contributed by atoms with van der Waals surface area (Å²) in [6, 6.07) is 6.25. The normalized spacial score (nSPS) is 14.8. The summed E-state index contributed by atoms with van der Waals surface area (Å²) in [6.45, 7) is -0.237. The summed E-state index contributed by atoms with van der Waals surface area (Å²) in [6.07, 6.45) is 0. The molecular formula is C19H17ClF2N2O6S. The van der Waals surface area contributed by atoms with Crippen molar-refractivity contribution in [1.82, 2.24) is 4.31 Å². The highest BCUT2D eigenvalue weighted by Gasteiger charge is 2.30. The third-order valence-corrected chi connectivity index (χ3v) is 6.50. The maximum atomic E-state index is 14.2. The van der Waals surface area contributed by atoms with Gasteiger partial charge >= 0.3 is 5.97 Å². The van der Waals surface area contributed by atoms with Gasteiger partial charge in [-0.15, -0.1) is 0 Å². The third-order valence-electron chi connectivity index (χ3n) is 4.29. The van der Waals surface area contributed by atoms with Gasteiger partial charge in [0.25, 0.3) is 5.91 Å². The number of carbonyl (C=O) groups is 2. The van der Waals surface area contributed by atoms with E-state index in [-0.39, 0.29) is 42.6 Å². The molecule has 2 aromatic carbocycles. The molecule has 0 bridgehead atoms. The quantitative estimate of drug-likeness (QED) is 0.645. The Hall–Kier alpha value is -2.60. The van der Waals surface area contributed by atoms with Crippen molar-refractivity contribution in [3.8, 4) is 0 Å². The van der Waals surface area contributed by atoms with Gasteiger partial charge in [0.15, 0.2) is 6.61 Å². The molecule has 0 saturated carbocycles. The number of rotatable bonds is 6. The highest BCUT2D eigenvalue weighted by molar-refractivity contribution is 7.89. The predicted molar refractivity (Wildman–Crippen MR) is 106 cm³/mol. The van der Waals surface area contributed by atoms with Crippen molar-refractivity contribution in [2.75, 3.05) is 38.2 Å². The number of amides is 1. The molecule has 31 heavy (non-hydrogen) atoms. The number of carbonyl (C=O) groups excluding carboxylic acids is 2. The molecule has 166 valence electrons. The first-order valence-electron chi connectivity index (χ1n) is 8.98. The lowest BCUT2D eigenvalue weighted by Gasteiger charge is -2.26. The number of hydrogen-bond donors (Lipinski definition) is 1. The van der Waals surface area contributed by atoms with Gasteiger partial charge in [-0.1, -0.05) is 11.6 Å². The molecule has 0 atom stereocenters. The molecule has 1 heterocycles. The Bertz CT molecular complexity index is 1110. The molecule has 0 aromatic heterocycles. The van der Waals surface area contributed by atoms with Crippen LogP contribution in [0.25, 0.3) is 0 Å². The summed E-state index contributed by atoms with van der Waals surface area (Å²) in [7, 11) is -4.18. The number of sulfonamides is 1. The minimum atomic E-state index is -4.18. The van der Waals surface area contributed by atoms with Gasteiger partial charge < -0.3 is 14.8 Å². The van der Waals surface area contributed by atoms with Gasteiger partial charge in [-0.2, -0.15) is 4.31 Å². The fourth-order valence-electron chi connectivity index (χ4n) is 2.74. The van der Waals surface area contributed by atoms with Crippen LogP contribution in [0.1, 0.15) is 10.4 Å². The van der Waals surface area contributed by atoms with Crippen molar-refractivity contribution in [2.24, 2.45) is 0 Å². The Morgan fingerprint density at radius 2 is 1.77 bits per heavy atom. The van der Waals surface area contributed by atoms with E-state index >= 15 is 0 Å². The van der Waals surface area contributed by atoms with E-state index in [2.05, 4.69) is 5.32 Å². The Labute approximate surface area is 181 Å². The van der Waals surface area contributed by atoms with Crippen molar-refractivity contribution < 1.29 is 36.3 Å². The molecule has 1 N–H and O–H groups in total. The van der Waals surface area contributed by atoms with Crippen molar-refractivity contribution in [1.29, 1.82) is 0 Å². The number of halogens is 3. The minimum Gasteiger partial charge on any atom is -0.452 e. The zero-order valence-corrected chi connectivity index (χ0v) is 17.5. The summed E-state index contributed by atoms with van der Waals surface area (Å²) in [5, 5.41) is 2.16. The molecule has 3 rings (SSSR count). The van der Waals surface area contributed by atoms with E-state index in [0.717, 1.165) is 28.6 Å². The molecule has 1 aliphatic rings. The zero-order chi connectivity index (χ0) is 22.6. The van der Waals surface area contributed by atoms with E-state index in [9.17, 15) is 26.8 Å². The average molecular weight is 475 g/mol. The second-order valence-corrected chi connectivity index (χ2v) is 8.73. The molecule has 12 heteroatoms. The average Bonchev–Trinajstić information content (AvgIpc) is 2.75. The van der Waals surface area contributed by atoms with Crippen LogP contribution in [0.15, 0.2) is 41.3 Å². The van der Waals surface area contributed by atoms with Crippen LogP contribution in [0.3, 0.4) is 0 Å². The zero-order valence-electron chi connectivity index (χ0n) is 15.9. The smallest absolute Gasteiger partial charge is 0.338 e. The van der Waals surface area contributed by atoms with Gasteiger partial charge in [0.2, 0.25) is 10.0 Å². The van der Waals surface area contributed by atoms with Crippen LogP contribution in [0.5, 0.6) is 0 Å². The van der Waals surface area contributed by atoms with Gasteiger partial charge in [0.1, 0.15) is 16.5 Å². The Balaban J connectivity index is 1.67. The third kappa shape index (κ3) is 5.56. The molecule has 1 fully saturated rings. The molecule has 0 spiro atoms. The number of esters is 1. The number of nitrogens with one attached hydrogen (secondary N) is 1. The minimum absolute atomic E-state index is 0.0595. The monoisotopic (exact) mass is 474 g/mol. The SMILES string of the molecule is O=C(COC(=O)c1ccc(F)c(S(=O)(=O)N2CCOCC2)c1)Nc1ccc(F)c(Cl)c1. The van der Waals surface area contributed by atoms with E-state index < -0.39 is 45.0 Å². The molecule has 2 aromatic rings. The molecule has 0 unspecified atom stereocenters. The molecule has 1 saturated heterocycles. The van der Waals surface area contributed by atoms with Crippen molar-refractivity contribution >= 4 is 39.2 Å². The topological polar surface area (TPSA) is 102 Å². The maximum absolute atomic E-state index is 14.2. The molecule has 1 aliphatic heterocycles.